The van der Waals surface area contributed by atoms with E-state index in [1.54, 1.807) is 0 Å². The lowest BCUT2D eigenvalue weighted by molar-refractivity contribution is -0.137. The van der Waals surface area contributed by atoms with Crippen LogP contribution in [-0.2, 0) is 11.0 Å². The number of fused-ring (bicyclic) bond motifs is 2. The number of carbonyl (C=O) groups is 1. The van der Waals surface area contributed by atoms with Crippen molar-refractivity contribution in [3.05, 3.63) is 30.0 Å². The minimum Gasteiger partial charge on any atom is -0.482 e. The number of hydrogen-bond donors (Lipinski definition) is 1. The molecule has 1 amide bonds. The maximum atomic E-state index is 12.6. The maximum Gasteiger partial charge on any atom is 0.417 e. The van der Waals surface area contributed by atoms with Crippen LogP contribution < -0.4 is 10.1 Å². The van der Waals surface area contributed by atoms with Crippen LogP contribution in [-0.4, -0.2) is 17.5 Å². The smallest absolute Gasteiger partial charge is 0.417 e. The van der Waals surface area contributed by atoms with E-state index >= 15 is 0 Å². The fraction of sp³-hybridized carbons (Fsp3) is 0.167. The van der Waals surface area contributed by atoms with Crippen LogP contribution in [0, 0.1) is 0 Å². The third-order valence-electron chi connectivity index (χ3n) is 2.74. The highest BCUT2D eigenvalue weighted by molar-refractivity contribution is 5.98. The highest BCUT2D eigenvalue weighted by Crippen LogP contribution is 2.35. The number of anilines is 1. The van der Waals surface area contributed by atoms with E-state index in [9.17, 15) is 18.0 Å². The number of halogens is 3. The van der Waals surface area contributed by atoms with Crippen molar-refractivity contribution < 1.29 is 22.7 Å². The third kappa shape index (κ3) is 2.07. The van der Waals surface area contributed by atoms with Crippen molar-refractivity contribution in [3.8, 4) is 5.75 Å². The monoisotopic (exact) mass is 268 g/mol. The Morgan fingerprint density at radius 1 is 1.26 bits per heavy atom. The van der Waals surface area contributed by atoms with Crippen LogP contribution >= 0.6 is 0 Å². The molecule has 1 aliphatic heterocycles. The molecule has 7 heteroatoms. The largest absolute Gasteiger partial charge is 0.482 e. The highest BCUT2D eigenvalue weighted by Gasteiger charge is 2.31. The van der Waals surface area contributed by atoms with Crippen LogP contribution in [0.1, 0.15) is 5.56 Å². The number of nitrogens with zero attached hydrogens (tertiary/aromatic N) is 1. The van der Waals surface area contributed by atoms with E-state index in [0.29, 0.717) is 22.3 Å². The summed E-state index contributed by atoms with van der Waals surface area (Å²) in [7, 11) is 0. The van der Waals surface area contributed by atoms with Crippen LogP contribution in [0.15, 0.2) is 24.4 Å². The number of amides is 1. The molecule has 0 bridgehead atoms. The number of rotatable bonds is 0. The maximum absolute atomic E-state index is 12.6. The van der Waals surface area contributed by atoms with Gasteiger partial charge in [-0.25, -0.2) is 0 Å². The number of ether oxygens (including phenoxy) is 1. The molecule has 1 aliphatic rings. The summed E-state index contributed by atoms with van der Waals surface area (Å²) in [6, 6.07) is 3.93. The lowest BCUT2D eigenvalue weighted by Crippen LogP contribution is -2.25. The minimum atomic E-state index is -4.44. The van der Waals surface area contributed by atoms with E-state index in [0.717, 1.165) is 12.3 Å². The van der Waals surface area contributed by atoms with E-state index in [1.165, 1.54) is 12.1 Å². The lowest BCUT2D eigenvalue weighted by Gasteiger charge is -2.18. The van der Waals surface area contributed by atoms with Gasteiger partial charge in [0.25, 0.3) is 5.91 Å². The summed E-state index contributed by atoms with van der Waals surface area (Å²) in [5.74, 6) is 0.0342. The van der Waals surface area contributed by atoms with Crippen LogP contribution in [0.3, 0.4) is 0 Å². The standard InChI is InChI=1S/C12H7F3N2O2/c13-12(14,15)7-1-6-2-10-9(3-8(6)16-4-7)17-11(18)5-19-10/h1-4H,5H2,(H,17,18). The molecule has 0 saturated heterocycles. The molecule has 0 saturated carbocycles. The summed E-state index contributed by atoms with van der Waals surface area (Å²) in [4.78, 5) is 14.9. The third-order valence-corrected chi connectivity index (χ3v) is 2.74. The molecule has 0 aliphatic carbocycles. The molecule has 0 unspecified atom stereocenters. The molecule has 2 heterocycles. The van der Waals surface area contributed by atoms with Gasteiger partial charge >= 0.3 is 6.18 Å². The summed E-state index contributed by atoms with van der Waals surface area (Å²) in [5.41, 5.74) is -0.0478. The van der Waals surface area contributed by atoms with Crippen molar-refractivity contribution in [2.75, 3.05) is 11.9 Å². The Labute approximate surface area is 105 Å². The lowest BCUT2D eigenvalue weighted by atomic mass is 10.1. The molecular weight excluding hydrogens is 261 g/mol. The quantitative estimate of drug-likeness (QED) is 0.799. The van der Waals surface area contributed by atoms with Crippen molar-refractivity contribution in [1.82, 2.24) is 4.98 Å². The van der Waals surface area contributed by atoms with Gasteiger partial charge in [0.15, 0.2) is 6.61 Å². The Bertz CT molecular complexity index is 682. The van der Waals surface area contributed by atoms with E-state index in [1.807, 2.05) is 0 Å². The van der Waals surface area contributed by atoms with Crippen molar-refractivity contribution in [3.63, 3.8) is 0 Å². The Morgan fingerprint density at radius 2 is 2.05 bits per heavy atom. The summed E-state index contributed by atoms with van der Waals surface area (Å²) in [5, 5.41) is 2.88. The normalized spacial score (nSPS) is 14.8. The van der Waals surface area contributed by atoms with Crippen LogP contribution in [0.4, 0.5) is 18.9 Å². The zero-order chi connectivity index (χ0) is 13.6. The van der Waals surface area contributed by atoms with E-state index in [2.05, 4.69) is 10.3 Å². The fourth-order valence-corrected chi connectivity index (χ4v) is 1.86. The molecule has 0 fully saturated rings. The molecule has 1 N–H and O–H groups in total. The molecule has 4 nitrogen and oxygen atoms in total. The Kier molecular flexibility index (Phi) is 2.38. The van der Waals surface area contributed by atoms with Crippen LogP contribution in [0.2, 0.25) is 0 Å². The Balaban J connectivity index is 2.15. The van der Waals surface area contributed by atoms with Gasteiger partial charge in [0.05, 0.1) is 16.8 Å². The second-order valence-corrected chi connectivity index (χ2v) is 4.10. The van der Waals surface area contributed by atoms with E-state index in [-0.39, 0.29) is 12.5 Å². The number of nitrogens with one attached hydrogen (secondary N) is 1. The van der Waals surface area contributed by atoms with Gasteiger partial charge in [0.1, 0.15) is 5.75 Å². The molecule has 1 aromatic heterocycles. The summed E-state index contributed by atoms with van der Waals surface area (Å²) in [6.45, 7) is -0.148. The minimum absolute atomic E-state index is 0.148. The first-order chi connectivity index (χ1) is 8.93. The topological polar surface area (TPSA) is 51.2 Å². The number of alkyl halides is 3. The first-order valence-corrected chi connectivity index (χ1v) is 5.37. The van der Waals surface area contributed by atoms with Gasteiger partial charge in [-0.3, -0.25) is 9.78 Å². The zero-order valence-electron chi connectivity index (χ0n) is 9.41. The number of benzene rings is 1. The van der Waals surface area contributed by atoms with Crippen molar-refractivity contribution >= 4 is 22.5 Å². The summed E-state index contributed by atoms with van der Waals surface area (Å²) >= 11 is 0. The number of pyridine rings is 1. The van der Waals surface area contributed by atoms with Gasteiger partial charge in [0.2, 0.25) is 0 Å². The fourth-order valence-electron chi connectivity index (χ4n) is 1.86. The van der Waals surface area contributed by atoms with Gasteiger partial charge < -0.3 is 10.1 Å². The molecule has 98 valence electrons. The zero-order valence-corrected chi connectivity index (χ0v) is 9.41. The Morgan fingerprint density at radius 3 is 2.79 bits per heavy atom. The molecule has 0 atom stereocenters. The molecule has 2 aromatic rings. The van der Waals surface area contributed by atoms with E-state index < -0.39 is 11.7 Å². The second kappa shape index (κ2) is 3.84. The number of hydrogen-bond acceptors (Lipinski definition) is 3. The first kappa shape index (κ1) is 11.8. The van der Waals surface area contributed by atoms with Gasteiger partial charge in [-0.15, -0.1) is 0 Å². The van der Waals surface area contributed by atoms with Gasteiger partial charge in [-0.1, -0.05) is 0 Å². The predicted octanol–water partition coefficient (Wildman–Crippen LogP) is 2.58. The van der Waals surface area contributed by atoms with Crippen molar-refractivity contribution in [2.24, 2.45) is 0 Å². The van der Waals surface area contributed by atoms with Crippen molar-refractivity contribution in [1.29, 1.82) is 0 Å². The predicted molar refractivity (Wildman–Crippen MR) is 60.9 cm³/mol. The highest BCUT2D eigenvalue weighted by atomic mass is 19.4. The Hall–Kier alpha value is -2.31. The molecule has 19 heavy (non-hydrogen) atoms. The molecule has 0 radical (unpaired) electrons. The molecule has 0 spiro atoms. The summed E-state index contributed by atoms with van der Waals surface area (Å²) in [6.07, 6.45) is -3.67. The number of aromatic nitrogens is 1. The summed E-state index contributed by atoms with van der Waals surface area (Å²) < 4.78 is 42.9. The number of carbonyl (C=O) groups excluding carboxylic acids is 1. The second-order valence-electron chi connectivity index (χ2n) is 4.10. The van der Waals surface area contributed by atoms with E-state index in [4.69, 9.17) is 4.74 Å². The average Bonchev–Trinajstić information content (AvgIpc) is 2.34. The van der Waals surface area contributed by atoms with Crippen molar-refractivity contribution in [2.45, 2.75) is 6.18 Å². The van der Waals surface area contributed by atoms with Gasteiger partial charge in [0, 0.05) is 11.6 Å². The average molecular weight is 268 g/mol. The van der Waals surface area contributed by atoms with Crippen LogP contribution in [0.25, 0.3) is 10.9 Å². The SMILES string of the molecule is O=C1COc2cc3cc(C(F)(F)F)cnc3cc2N1. The van der Waals surface area contributed by atoms with Gasteiger partial charge in [-0.2, -0.15) is 13.2 Å². The first-order valence-electron chi connectivity index (χ1n) is 5.37. The molecular formula is C12H7F3N2O2. The van der Waals surface area contributed by atoms with Crippen LogP contribution in [0.5, 0.6) is 5.75 Å². The molecule has 3 rings (SSSR count). The molecule has 1 aromatic carbocycles. The van der Waals surface area contributed by atoms with Gasteiger partial charge in [-0.05, 0) is 18.2 Å².